The van der Waals surface area contributed by atoms with Crippen molar-refractivity contribution < 1.29 is 19.1 Å². The minimum Gasteiger partial charge on any atom is -0.481 e. The molecule has 1 atom stereocenters. The van der Waals surface area contributed by atoms with Gasteiger partial charge in [0.1, 0.15) is 5.82 Å². The van der Waals surface area contributed by atoms with E-state index in [1.54, 1.807) is 0 Å². The highest BCUT2D eigenvalue weighted by atomic mass is 35.5. The van der Waals surface area contributed by atoms with Crippen molar-refractivity contribution in [3.05, 3.63) is 34.6 Å². The molecule has 4 nitrogen and oxygen atoms in total. The van der Waals surface area contributed by atoms with Crippen molar-refractivity contribution in [2.45, 2.75) is 39.7 Å². The molecule has 21 heavy (non-hydrogen) atoms. The predicted molar refractivity (Wildman–Crippen MR) is 79.0 cm³/mol. The highest BCUT2D eigenvalue weighted by Crippen LogP contribution is 2.23. The number of carbonyl (C=O) groups is 2. The molecule has 0 spiro atoms. The Kier molecular flexibility index (Phi) is 5.72. The van der Waals surface area contributed by atoms with Crippen molar-refractivity contribution >= 4 is 23.5 Å². The average molecular weight is 316 g/mol. The summed E-state index contributed by atoms with van der Waals surface area (Å²) in [6.45, 7) is 5.82. The van der Waals surface area contributed by atoms with Gasteiger partial charge in [0.15, 0.2) is 0 Å². The number of rotatable bonds is 5. The second kappa shape index (κ2) is 6.89. The number of carbonyl (C=O) groups excluding carboxylic acids is 1. The Labute approximate surface area is 128 Å². The van der Waals surface area contributed by atoms with Gasteiger partial charge in [0, 0.05) is 11.1 Å². The van der Waals surface area contributed by atoms with Crippen LogP contribution >= 0.6 is 11.6 Å². The molecule has 1 amide bonds. The van der Waals surface area contributed by atoms with E-state index in [-0.39, 0.29) is 22.4 Å². The van der Waals surface area contributed by atoms with Crippen LogP contribution in [-0.2, 0) is 4.79 Å². The van der Waals surface area contributed by atoms with Gasteiger partial charge in [0.2, 0.25) is 0 Å². The number of hydrogen-bond acceptors (Lipinski definition) is 2. The molecule has 0 saturated heterocycles. The molecule has 0 aromatic heterocycles. The lowest BCUT2D eigenvalue weighted by molar-refractivity contribution is -0.137. The van der Waals surface area contributed by atoms with E-state index >= 15 is 0 Å². The molecule has 0 fully saturated rings. The number of nitrogens with one attached hydrogen (secondary N) is 1. The molecule has 0 heterocycles. The molecule has 0 bridgehead atoms. The third kappa shape index (κ3) is 6.12. The molecule has 1 aromatic rings. The summed E-state index contributed by atoms with van der Waals surface area (Å²) >= 11 is 5.75. The minimum absolute atomic E-state index is 0.166. The van der Waals surface area contributed by atoms with E-state index in [4.69, 9.17) is 16.7 Å². The first kappa shape index (κ1) is 17.4. The fraction of sp³-hybridized carbons (Fsp3) is 0.467. The lowest BCUT2D eigenvalue weighted by Gasteiger charge is -2.26. The van der Waals surface area contributed by atoms with Gasteiger partial charge < -0.3 is 10.4 Å². The van der Waals surface area contributed by atoms with Crippen molar-refractivity contribution in [1.82, 2.24) is 5.32 Å². The first-order valence-electron chi connectivity index (χ1n) is 6.56. The van der Waals surface area contributed by atoms with Crippen LogP contribution in [0.5, 0.6) is 0 Å². The number of carboxylic acids is 1. The number of aliphatic carboxylic acids is 1. The highest BCUT2D eigenvalue weighted by Gasteiger charge is 2.24. The summed E-state index contributed by atoms with van der Waals surface area (Å²) in [5.74, 6) is -2.37. The molecular weight excluding hydrogens is 297 g/mol. The Bertz CT molecular complexity index is 540. The SMILES string of the molecule is CC(C)(C)CC(CC(=O)O)NC(=O)c1cc(Cl)ccc1F. The van der Waals surface area contributed by atoms with Gasteiger partial charge in [-0.05, 0) is 30.0 Å². The van der Waals surface area contributed by atoms with Crippen LogP contribution in [0.4, 0.5) is 4.39 Å². The second-order valence-electron chi connectivity index (χ2n) is 6.16. The first-order valence-corrected chi connectivity index (χ1v) is 6.94. The summed E-state index contributed by atoms with van der Waals surface area (Å²) in [5, 5.41) is 11.7. The number of hydrogen-bond donors (Lipinski definition) is 2. The van der Waals surface area contributed by atoms with Crippen molar-refractivity contribution in [2.75, 3.05) is 0 Å². The van der Waals surface area contributed by atoms with Crippen LogP contribution in [0.2, 0.25) is 5.02 Å². The zero-order chi connectivity index (χ0) is 16.2. The molecular formula is C15H19ClFNO3. The van der Waals surface area contributed by atoms with Crippen molar-refractivity contribution in [2.24, 2.45) is 5.41 Å². The standard InChI is InChI=1S/C15H19ClFNO3/c1-15(2,3)8-10(7-13(19)20)18-14(21)11-6-9(16)4-5-12(11)17/h4-6,10H,7-8H2,1-3H3,(H,18,21)(H,19,20). The van der Waals surface area contributed by atoms with Gasteiger partial charge in [-0.1, -0.05) is 32.4 Å². The Balaban J connectivity index is 2.89. The Morgan fingerprint density at radius 2 is 2.00 bits per heavy atom. The molecule has 0 radical (unpaired) electrons. The summed E-state index contributed by atoms with van der Waals surface area (Å²) in [6, 6.07) is 3.10. The number of halogens is 2. The highest BCUT2D eigenvalue weighted by molar-refractivity contribution is 6.31. The quantitative estimate of drug-likeness (QED) is 0.874. The molecule has 116 valence electrons. The Hall–Kier alpha value is -1.62. The van der Waals surface area contributed by atoms with Crippen LogP contribution in [-0.4, -0.2) is 23.0 Å². The predicted octanol–water partition coefficient (Wildman–Crippen LogP) is 3.49. The summed E-state index contributed by atoms with van der Waals surface area (Å²) in [5.41, 5.74) is -0.355. The van der Waals surface area contributed by atoms with Crippen LogP contribution < -0.4 is 5.32 Å². The van der Waals surface area contributed by atoms with Crippen LogP contribution in [0.15, 0.2) is 18.2 Å². The van der Waals surface area contributed by atoms with Gasteiger partial charge in [-0.25, -0.2) is 4.39 Å². The molecule has 0 saturated carbocycles. The maximum atomic E-state index is 13.6. The Morgan fingerprint density at radius 1 is 1.38 bits per heavy atom. The van der Waals surface area contributed by atoms with E-state index in [2.05, 4.69) is 5.32 Å². The van der Waals surface area contributed by atoms with Gasteiger partial charge in [-0.3, -0.25) is 9.59 Å². The zero-order valence-corrected chi connectivity index (χ0v) is 13.0. The molecule has 2 N–H and O–H groups in total. The lowest BCUT2D eigenvalue weighted by atomic mass is 9.87. The third-order valence-electron chi connectivity index (χ3n) is 2.79. The maximum Gasteiger partial charge on any atom is 0.305 e. The van der Waals surface area contributed by atoms with E-state index in [0.29, 0.717) is 6.42 Å². The molecule has 0 aliphatic heterocycles. The number of benzene rings is 1. The van der Waals surface area contributed by atoms with Gasteiger partial charge in [0.25, 0.3) is 5.91 Å². The van der Waals surface area contributed by atoms with E-state index in [0.717, 1.165) is 6.07 Å². The molecule has 6 heteroatoms. The summed E-state index contributed by atoms with van der Waals surface area (Å²) < 4.78 is 13.6. The fourth-order valence-corrected chi connectivity index (χ4v) is 2.23. The number of carboxylic acid groups (broad SMARTS) is 1. The van der Waals surface area contributed by atoms with E-state index in [9.17, 15) is 14.0 Å². The minimum atomic E-state index is -1.02. The van der Waals surface area contributed by atoms with Gasteiger partial charge in [-0.2, -0.15) is 0 Å². The van der Waals surface area contributed by atoms with Crippen molar-refractivity contribution in [3.8, 4) is 0 Å². The van der Waals surface area contributed by atoms with Crippen LogP contribution in [0.1, 0.15) is 44.0 Å². The monoisotopic (exact) mass is 315 g/mol. The fourth-order valence-electron chi connectivity index (χ4n) is 2.06. The second-order valence-corrected chi connectivity index (χ2v) is 6.59. The Morgan fingerprint density at radius 3 is 2.52 bits per heavy atom. The van der Waals surface area contributed by atoms with E-state index in [1.807, 2.05) is 20.8 Å². The topological polar surface area (TPSA) is 66.4 Å². The van der Waals surface area contributed by atoms with Crippen LogP contribution in [0.3, 0.4) is 0 Å². The average Bonchev–Trinajstić information content (AvgIpc) is 2.28. The van der Waals surface area contributed by atoms with Crippen molar-refractivity contribution in [1.29, 1.82) is 0 Å². The molecule has 0 aliphatic carbocycles. The van der Waals surface area contributed by atoms with Gasteiger partial charge >= 0.3 is 5.97 Å². The van der Waals surface area contributed by atoms with Crippen LogP contribution in [0, 0.1) is 11.2 Å². The summed E-state index contributed by atoms with van der Waals surface area (Å²) in [7, 11) is 0. The third-order valence-corrected chi connectivity index (χ3v) is 3.02. The smallest absolute Gasteiger partial charge is 0.305 e. The van der Waals surface area contributed by atoms with Crippen molar-refractivity contribution in [3.63, 3.8) is 0 Å². The lowest BCUT2D eigenvalue weighted by Crippen LogP contribution is -2.39. The van der Waals surface area contributed by atoms with Crippen LogP contribution in [0.25, 0.3) is 0 Å². The molecule has 1 rings (SSSR count). The molecule has 1 aromatic carbocycles. The normalized spacial score (nSPS) is 12.8. The van der Waals surface area contributed by atoms with E-state index < -0.39 is 23.7 Å². The zero-order valence-electron chi connectivity index (χ0n) is 12.2. The number of amides is 1. The van der Waals surface area contributed by atoms with Gasteiger partial charge in [-0.15, -0.1) is 0 Å². The summed E-state index contributed by atoms with van der Waals surface area (Å²) in [6.07, 6.45) is 0.248. The van der Waals surface area contributed by atoms with Gasteiger partial charge in [0.05, 0.1) is 12.0 Å². The first-order chi connectivity index (χ1) is 9.58. The van der Waals surface area contributed by atoms with E-state index in [1.165, 1.54) is 12.1 Å². The maximum absolute atomic E-state index is 13.6. The molecule has 0 aliphatic rings. The molecule has 1 unspecified atom stereocenters. The largest absolute Gasteiger partial charge is 0.481 e. The summed E-state index contributed by atoms with van der Waals surface area (Å²) in [4.78, 5) is 23.0.